The second-order valence-electron chi connectivity index (χ2n) is 9.41. The third-order valence-electron chi connectivity index (χ3n) is 6.02. The fourth-order valence-corrected chi connectivity index (χ4v) is 4.10. The molecule has 1 saturated heterocycles. The zero-order valence-electron chi connectivity index (χ0n) is 20.0. The van der Waals surface area contributed by atoms with E-state index in [4.69, 9.17) is 4.74 Å². The number of hydrogen-bond donors (Lipinski definition) is 0. The van der Waals surface area contributed by atoms with Gasteiger partial charge in [-0.25, -0.2) is 4.68 Å². The second kappa shape index (κ2) is 11.3. The number of hydrogen-bond acceptors (Lipinski definition) is 4. The topological polar surface area (TPSA) is 60.2 Å². The largest absolute Gasteiger partial charge is 0.374 e. The minimum atomic E-state index is -0.154. The van der Waals surface area contributed by atoms with Gasteiger partial charge in [0.25, 0.3) is 0 Å². The number of amides is 1. The smallest absolute Gasteiger partial charge is 0.228 e. The van der Waals surface area contributed by atoms with Gasteiger partial charge in [0, 0.05) is 20.0 Å². The first-order chi connectivity index (χ1) is 15.3. The van der Waals surface area contributed by atoms with Crippen LogP contribution < -0.4 is 0 Å². The average Bonchev–Trinajstić information content (AvgIpc) is 3.43. The molecule has 1 aliphatic rings. The number of benzene rings is 1. The molecule has 2 heterocycles. The zero-order valence-corrected chi connectivity index (χ0v) is 20.0. The monoisotopic (exact) mass is 436 g/mol. The molecule has 1 amide bonds. The molecule has 6 heteroatoms. The zero-order chi connectivity index (χ0) is 23.1. The van der Waals surface area contributed by atoms with Crippen LogP contribution in [-0.2, 0) is 16.1 Å². The van der Waals surface area contributed by atoms with Crippen LogP contribution in [0.1, 0.15) is 70.7 Å². The van der Waals surface area contributed by atoms with Crippen molar-refractivity contribution in [3.8, 4) is 11.8 Å². The molecule has 0 N–H and O–H groups in total. The quantitative estimate of drug-likeness (QED) is 0.573. The molecular weight excluding hydrogens is 400 g/mol. The summed E-state index contributed by atoms with van der Waals surface area (Å²) in [7, 11) is 1.87. The van der Waals surface area contributed by atoms with E-state index < -0.39 is 0 Å². The Labute approximate surface area is 192 Å². The molecule has 0 aliphatic carbocycles. The van der Waals surface area contributed by atoms with E-state index in [1.807, 2.05) is 55.2 Å². The van der Waals surface area contributed by atoms with Crippen LogP contribution >= 0.6 is 0 Å². The highest BCUT2D eigenvalue weighted by Crippen LogP contribution is 2.31. The second-order valence-corrected chi connectivity index (χ2v) is 9.41. The van der Waals surface area contributed by atoms with Gasteiger partial charge < -0.3 is 9.64 Å². The number of carbonyl (C=O) groups excluding carboxylic acids is 1. The van der Waals surface area contributed by atoms with E-state index >= 15 is 0 Å². The van der Waals surface area contributed by atoms with Gasteiger partial charge in [-0.1, -0.05) is 62.2 Å². The van der Waals surface area contributed by atoms with Crippen molar-refractivity contribution in [2.24, 2.45) is 11.8 Å². The third kappa shape index (κ3) is 6.67. The molecule has 172 valence electrons. The standard InChI is InChI=1S/C26H36N4O2/c1-19(2)10-9-13-23-18-30(28-27-23)20(3)16-24-14-15-25(32-24)21(4)26(31)29(5)17-22-11-7-6-8-12-22/h6-8,11-12,18-21,24-25H,10,14-17H2,1-5H3/t20-,21-,24+,25-/m1/s1. The molecular formula is C26H36N4O2. The predicted octanol–water partition coefficient (Wildman–Crippen LogP) is 4.47. The number of rotatable bonds is 8. The summed E-state index contributed by atoms with van der Waals surface area (Å²) < 4.78 is 8.17. The lowest BCUT2D eigenvalue weighted by atomic mass is 9.99. The average molecular weight is 437 g/mol. The number of nitrogens with zero attached hydrogens (tertiary/aromatic N) is 4. The van der Waals surface area contributed by atoms with Gasteiger partial charge in [0.15, 0.2) is 5.69 Å². The van der Waals surface area contributed by atoms with Crippen LogP contribution in [0.25, 0.3) is 0 Å². The van der Waals surface area contributed by atoms with E-state index in [1.165, 1.54) is 0 Å². The van der Waals surface area contributed by atoms with Crippen molar-refractivity contribution in [2.75, 3.05) is 7.05 Å². The van der Waals surface area contributed by atoms with Crippen molar-refractivity contribution in [1.29, 1.82) is 0 Å². The Balaban J connectivity index is 1.48. The molecule has 32 heavy (non-hydrogen) atoms. The Morgan fingerprint density at radius 2 is 1.97 bits per heavy atom. The van der Waals surface area contributed by atoms with Crippen LogP contribution in [0.4, 0.5) is 0 Å². The number of aromatic nitrogens is 3. The SMILES string of the molecule is CC(C)CC#Cc1cn([C@H](C)C[C@@H]2CC[C@H]([C@@H](C)C(=O)N(C)Cc3ccccc3)O2)nn1. The van der Waals surface area contributed by atoms with E-state index in [1.54, 1.807) is 4.90 Å². The van der Waals surface area contributed by atoms with Crippen molar-refractivity contribution in [3.05, 3.63) is 47.8 Å². The van der Waals surface area contributed by atoms with E-state index in [0.717, 1.165) is 31.2 Å². The molecule has 6 nitrogen and oxygen atoms in total. The van der Waals surface area contributed by atoms with Gasteiger partial charge in [0.1, 0.15) is 0 Å². The van der Waals surface area contributed by atoms with Crippen molar-refractivity contribution < 1.29 is 9.53 Å². The van der Waals surface area contributed by atoms with E-state index in [2.05, 4.69) is 42.9 Å². The van der Waals surface area contributed by atoms with Crippen LogP contribution in [-0.4, -0.2) is 45.1 Å². The van der Waals surface area contributed by atoms with Crippen molar-refractivity contribution >= 4 is 5.91 Å². The molecule has 2 aromatic rings. The summed E-state index contributed by atoms with van der Waals surface area (Å²) in [4.78, 5) is 14.7. The summed E-state index contributed by atoms with van der Waals surface area (Å²) in [5.41, 5.74) is 1.85. The molecule has 3 rings (SSSR count). The fraction of sp³-hybridized carbons (Fsp3) is 0.577. The van der Waals surface area contributed by atoms with Crippen LogP contribution in [0, 0.1) is 23.7 Å². The highest BCUT2D eigenvalue weighted by atomic mass is 16.5. The fourth-order valence-electron chi connectivity index (χ4n) is 4.10. The Kier molecular flexibility index (Phi) is 8.46. The lowest BCUT2D eigenvalue weighted by molar-refractivity contribution is -0.139. The van der Waals surface area contributed by atoms with E-state index in [0.29, 0.717) is 18.2 Å². The van der Waals surface area contributed by atoms with E-state index in [-0.39, 0.29) is 30.1 Å². The van der Waals surface area contributed by atoms with Crippen molar-refractivity contribution in [2.45, 2.75) is 78.2 Å². The minimum Gasteiger partial charge on any atom is -0.374 e. The molecule has 0 spiro atoms. The van der Waals surface area contributed by atoms with Gasteiger partial charge in [-0.2, -0.15) is 0 Å². The molecule has 1 aliphatic heterocycles. The number of carbonyl (C=O) groups is 1. The number of ether oxygens (including phenoxy) is 1. The van der Waals surface area contributed by atoms with Gasteiger partial charge in [-0.15, -0.1) is 5.10 Å². The predicted molar refractivity (Wildman–Crippen MR) is 126 cm³/mol. The molecule has 4 atom stereocenters. The van der Waals surface area contributed by atoms with Crippen LogP contribution in [0.2, 0.25) is 0 Å². The van der Waals surface area contributed by atoms with Crippen molar-refractivity contribution in [3.63, 3.8) is 0 Å². The molecule has 1 aromatic carbocycles. The first kappa shape index (κ1) is 24.0. The maximum atomic E-state index is 12.9. The molecule has 1 aromatic heterocycles. The normalized spacial score (nSPS) is 19.9. The first-order valence-corrected chi connectivity index (χ1v) is 11.7. The lowest BCUT2D eigenvalue weighted by Crippen LogP contribution is -2.37. The van der Waals surface area contributed by atoms with Gasteiger partial charge in [0.05, 0.1) is 30.4 Å². The van der Waals surface area contributed by atoms with Gasteiger partial charge in [-0.05, 0) is 43.6 Å². The molecule has 1 fully saturated rings. The Morgan fingerprint density at radius 3 is 2.69 bits per heavy atom. The summed E-state index contributed by atoms with van der Waals surface area (Å²) >= 11 is 0. The highest BCUT2D eigenvalue weighted by Gasteiger charge is 2.35. The van der Waals surface area contributed by atoms with Crippen molar-refractivity contribution in [1.82, 2.24) is 19.9 Å². The van der Waals surface area contributed by atoms with Crippen LogP contribution in [0.3, 0.4) is 0 Å². The Bertz CT molecular complexity index is 928. The summed E-state index contributed by atoms with van der Waals surface area (Å²) in [6.45, 7) is 9.03. The van der Waals surface area contributed by atoms with Gasteiger partial charge >= 0.3 is 0 Å². The third-order valence-corrected chi connectivity index (χ3v) is 6.02. The van der Waals surface area contributed by atoms with Crippen LogP contribution in [0.15, 0.2) is 36.5 Å². The summed E-state index contributed by atoms with van der Waals surface area (Å²) in [6, 6.07) is 10.2. The molecule has 0 bridgehead atoms. The first-order valence-electron chi connectivity index (χ1n) is 11.7. The molecule has 0 saturated carbocycles. The van der Waals surface area contributed by atoms with Gasteiger partial charge in [0.2, 0.25) is 5.91 Å². The van der Waals surface area contributed by atoms with E-state index in [9.17, 15) is 4.79 Å². The summed E-state index contributed by atoms with van der Waals surface area (Å²) in [6.07, 6.45) is 5.58. The van der Waals surface area contributed by atoms with Gasteiger partial charge in [-0.3, -0.25) is 4.79 Å². The summed E-state index contributed by atoms with van der Waals surface area (Å²) in [5, 5.41) is 8.43. The summed E-state index contributed by atoms with van der Waals surface area (Å²) in [5.74, 6) is 6.77. The maximum absolute atomic E-state index is 12.9. The highest BCUT2D eigenvalue weighted by molar-refractivity contribution is 5.78. The molecule has 0 radical (unpaired) electrons. The van der Waals surface area contributed by atoms with Crippen LogP contribution in [0.5, 0.6) is 0 Å². The lowest BCUT2D eigenvalue weighted by Gasteiger charge is -2.26. The Morgan fingerprint density at radius 1 is 1.22 bits per heavy atom. The maximum Gasteiger partial charge on any atom is 0.228 e. The Hall–Kier alpha value is -2.65. The minimum absolute atomic E-state index is 0.0360. The molecule has 0 unspecified atom stereocenters.